The van der Waals surface area contributed by atoms with Crippen molar-refractivity contribution in [1.29, 1.82) is 0 Å². The third-order valence-electron chi connectivity index (χ3n) is 8.53. The molecule has 4 heterocycles. The van der Waals surface area contributed by atoms with Crippen LogP contribution >= 0.6 is 0 Å². The minimum absolute atomic E-state index is 0.0394. The van der Waals surface area contributed by atoms with Gasteiger partial charge >= 0.3 is 0 Å². The zero-order chi connectivity index (χ0) is 31.6. The van der Waals surface area contributed by atoms with Crippen molar-refractivity contribution in [3.8, 4) is 5.75 Å². The van der Waals surface area contributed by atoms with Crippen LogP contribution in [-0.4, -0.2) is 59.6 Å². The van der Waals surface area contributed by atoms with E-state index in [1.165, 1.54) is 0 Å². The molecule has 0 bridgehead atoms. The number of hydrogen-bond donors (Lipinski definition) is 0. The number of nitrogens with zero attached hydrogens (tertiary/aromatic N) is 5. The summed E-state index contributed by atoms with van der Waals surface area (Å²) in [6.07, 6.45) is 6.12. The lowest BCUT2D eigenvalue weighted by Gasteiger charge is -2.27. The zero-order valence-corrected chi connectivity index (χ0v) is 26.4. The molecule has 232 valence electrons. The standard InChI is InChI=1S/C34H41N5O5/c1-7-39-27-10-9-26(21-28(27)36(6)32(41)34(4,5)33(39)42)43-20-8-16-37(22-25-11-14-35-15-12-25)18-19-38-17-13-29-30(31(38)40)23(2)24(3)44-29/h9-15,17,21H,7-8,16,18-20,22H2,1-6H3. The van der Waals surface area contributed by atoms with E-state index >= 15 is 0 Å². The van der Waals surface area contributed by atoms with Crippen LogP contribution in [0.2, 0.25) is 0 Å². The molecule has 0 unspecified atom stereocenters. The van der Waals surface area contributed by atoms with Crippen molar-refractivity contribution in [2.45, 2.75) is 54.1 Å². The Morgan fingerprint density at radius 1 is 0.977 bits per heavy atom. The molecule has 0 saturated carbocycles. The lowest BCUT2D eigenvalue weighted by molar-refractivity contribution is -0.137. The summed E-state index contributed by atoms with van der Waals surface area (Å²) < 4.78 is 13.6. The normalized spacial score (nSPS) is 14.8. The van der Waals surface area contributed by atoms with Gasteiger partial charge in [0.25, 0.3) is 5.56 Å². The number of aromatic nitrogens is 2. The number of carbonyl (C=O) groups is 2. The van der Waals surface area contributed by atoms with Gasteiger partial charge in [-0.1, -0.05) is 0 Å². The van der Waals surface area contributed by atoms with Crippen LogP contribution in [0.15, 0.2) is 64.2 Å². The van der Waals surface area contributed by atoms with Gasteiger partial charge < -0.3 is 23.5 Å². The molecule has 0 fully saturated rings. The first kappa shape index (κ1) is 31.0. The van der Waals surface area contributed by atoms with Gasteiger partial charge in [-0.05, 0) is 76.9 Å². The minimum Gasteiger partial charge on any atom is -0.493 e. The van der Waals surface area contributed by atoms with Crippen molar-refractivity contribution in [1.82, 2.24) is 14.5 Å². The molecule has 1 aromatic carbocycles. The highest BCUT2D eigenvalue weighted by Gasteiger charge is 2.45. The highest BCUT2D eigenvalue weighted by atomic mass is 16.5. The van der Waals surface area contributed by atoms with Gasteiger partial charge in [0.2, 0.25) is 11.8 Å². The van der Waals surface area contributed by atoms with Crippen molar-refractivity contribution in [3.05, 3.63) is 82.2 Å². The number of fused-ring (bicyclic) bond motifs is 2. The highest BCUT2D eigenvalue weighted by Crippen LogP contribution is 2.40. The SMILES string of the molecule is CCN1C(=O)C(C)(C)C(=O)N(C)c2cc(OCCCN(CCn3ccc4oc(C)c(C)c4c3=O)Cc3ccncc3)ccc21. The van der Waals surface area contributed by atoms with E-state index in [1.807, 2.05) is 57.2 Å². The van der Waals surface area contributed by atoms with Gasteiger partial charge in [0.15, 0.2) is 0 Å². The van der Waals surface area contributed by atoms with Crippen LogP contribution in [-0.2, 0) is 22.7 Å². The van der Waals surface area contributed by atoms with Crippen molar-refractivity contribution >= 4 is 34.2 Å². The van der Waals surface area contributed by atoms with Crippen LogP contribution in [0, 0.1) is 19.3 Å². The van der Waals surface area contributed by atoms with Crippen LogP contribution in [0.3, 0.4) is 0 Å². The van der Waals surface area contributed by atoms with Crippen molar-refractivity contribution < 1.29 is 18.7 Å². The van der Waals surface area contributed by atoms with Gasteiger partial charge in [-0.2, -0.15) is 0 Å². The number of benzene rings is 1. The quantitative estimate of drug-likeness (QED) is 0.178. The summed E-state index contributed by atoms with van der Waals surface area (Å²) in [7, 11) is 1.70. The number of hydrogen-bond acceptors (Lipinski definition) is 7. The smallest absolute Gasteiger partial charge is 0.262 e. The van der Waals surface area contributed by atoms with E-state index < -0.39 is 5.41 Å². The summed E-state index contributed by atoms with van der Waals surface area (Å²) in [6, 6.07) is 11.4. The van der Waals surface area contributed by atoms with Crippen LogP contribution < -0.4 is 20.1 Å². The van der Waals surface area contributed by atoms with Gasteiger partial charge in [-0.3, -0.25) is 24.3 Å². The summed E-state index contributed by atoms with van der Waals surface area (Å²) in [5.74, 6) is 0.940. The van der Waals surface area contributed by atoms with Crippen molar-refractivity contribution in [2.24, 2.45) is 5.41 Å². The Morgan fingerprint density at radius 3 is 2.45 bits per heavy atom. The maximum absolute atomic E-state index is 13.2. The predicted octanol–water partition coefficient (Wildman–Crippen LogP) is 4.93. The Balaban J connectivity index is 1.26. The summed E-state index contributed by atoms with van der Waals surface area (Å²) >= 11 is 0. The van der Waals surface area contributed by atoms with Crippen LogP contribution in [0.4, 0.5) is 11.4 Å². The van der Waals surface area contributed by atoms with Crippen LogP contribution in [0.1, 0.15) is 44.1 Å². The van der Waals surface area contributed by atoms with E-state index in [9.17, 15) is 14.4 Å². The molecule has 0 spiro atoms. The second-order valence-electron chi connectivity index (χ2n) is 11.9. The summed E-state index contributed by atoms with van der Waals surface area (Å²) in [5, 5.41) is 0.641. The molecular weight excluding hydrogens is 558 g/mol. The first-order valence-electron chi connectivity index (χ1n) is 15.1. The highest BCUT2D eigenvalue weighted by molar-refractivity contribution is 6.20. The molecule has 0 atom stereocenters. The molecule has 0 radical (unpaired) electrons. The van der Waals surface area contributed by atoms with E-state index in [0.29, 0.717) is 60.9 Å². The van der Waals surface area contributed by atoms with E-state index in [1.54, 1.807) is 53.9 Å². The number of amides is 2. The number of rotatable bonds is 11. The zero-order valence-electron chi connectivity index (χ0n) is 26.4. The fourth-order valence-electron chi connectivity index (χ4n) is 5.80. The maximum atomic E-state index is 13.2. The fourth-order valence-corrected chi connectivity index (χ4v) is 5.80. The lowest BCUT2D eigenvalue weighted by atomic mass is 9.90. The molecule has 44 heavy (non-hydrogen) atoms. The second kappa shape index (κ2) is 12.7. The largest absolute Gasteiger partial charge is 0.493 e. The molecule has 3 aromatic heterocycles. The molecule has 1 aliphatic rings. The summed E-state index contributed by atoms with van der Waals surface area (Å²) in [4.78, 5) is 49.2. The first-order valence-corrected chi connectivity index (χ1v) is 15.1. The predicted molar refractivity (Wildman–Crippen MR) is 171 cm³/mol. The van der Waals surface area contributed by atoms with Crippen molar-refractivity contribution in [3.63, 3.8) is 0 Å². The molecule has 2 amide bonds. The third kappa shape index (κ3) is 5.99. The molecule has 1 aliphatic heterocycles. The molecular formula is C34H41N5O5. The molecule has 0 aliphatic carbocycles. The van der Waals surface area contributed by atoms with Gasteiger partial charge in [0.05, 0.1) is 23.4 Å². The Kier molecular flexibility index (Phi) is 8.92. The van der Waals surface area contributed by atoms with E-state index in [4.69, 9.17) is 9.15 Å². The van der Waals surface area contributed by atoms with Gasteiger partial charge in [-0.15, -0.1) is 0 Å². The molecule has 10 nitrogen and oxygen atoms in total. The number of aryl methyl sites for hydroxylation is 2. The number of pyridine rings is 2. The maximum Gasteiger partial charge on any atom is 0.262 e. The fraction of sp³-hybridized carbons (Fsp3) is 0.412. The van der Waals surface area contributed by atoms with Gasteiger partial charge in [-0.25, -0.2) is 0 Å². The monoisotopic (exact) mass is 599 g/mol. The second-order valence-corrected chi connectivity index (χ2v) is 11.9. The Morgan fingerprint density at radius 2 is 1.73 bits per heavy atom. The Bertz CT molecular complexity index is 1730. The number of furan rings is 1. The third-order valence-corrected chi connectivity index (χ3v) is 8.53. The number of anilines is 2. The Labute approximate surface area is 257 Å². The van der Waals surface area contributed by atoms with E-state index in [-0.39, 0.29) is 17.4 Å². The summed E-state index contributed by atoms with van der Waals surface area (Å²) in [6.45, 7) is 12.7. The van der Waals surface area contributed by atoms with Gasteiger partial charge in [0.1, 0.15) is 22.5 Å². The van der Waals surface area contributed by atoms with Gasteiger partial charge in [0, 0.05) is 70.0 Å². The number of ether oxygens (including phenoxy) is 1. The number of carbonyl (C=O) groups excluding carboxylic acids is 2. The average Bonchev–Trinajstić information content (AvgIpc) is 3.29. The first-order chi connectivity index (χ1) is 21.0. The average molecular weight is 600 g/mol. The lowest BCUT2D eigenvalue weighted by Crippen LogP contribution is -2.47. The molecule has 0 N–H and O–H groups in total. The molecule has 0 saturated heterocycles. The molecule has 5 rings (SSSR count). The van der Waals surface area contributed by atoms with E-state index in [0.717, 1.165) is 29.9 Å². The van der Waals surface area contributed by atoms with Crippen LogP contribution in [0.5, 0.6) is 5.75 Å². The van der Waals surface area contributed by atoms with Crippen LogP contribution in [0.25, 0.3) is 11.0 Å². The van der Waals surface area contributed by atoms with E-state index in [2.05, 4.69) is 9.88 Å². The molecule has 10 heteroatoms. The summed E-state index contributed by atoms with van der Waals surface area (Å²) in [5.41, 5.74) is 2.80. The minimum atomic E-state index is -1.16. The topological polar surface area (TPSA) is 101 Å². The Hall–Kier alpha value is -4.44. The van der Waals surface area contributed by atoms with Crippen molar-refractivity contribution in [2.75, 3.05) is 43.1 Å². The molecule has 4 aromatic rings.